The summed E-state index contributed by atoms with van der Waals surface area (Å²) in [6.45, 7) is 3.05. The lowest BCUT2D eigenvalue weighted by atomic mass is 9.77. The molecule has 0 saturated carbocycles. The van der Waals surface area contributed by atoms with Crippen LogP contribution in [0.4, 0.5) is 11.4 Å². The van der Waals surface area contributed by atoms with Crippen LogP contribution in [-0.2, 0) is 6.61 Å². The Kier molecular flexibility index (Phi) is 6.95. The maximum Gasteiger partial charge on any atom is 0.161 e. The molecule has 1 heterocycles. The van der Waals surface area contributed by atoms with Gasteiger partial charge in [-0.15, -0.1) is 0 Å². The predicted octanol–water partition coefficient (Wildman–Crippen LogP) is 8.24. The van der Waals surface area contributed by atoms with Gasteiger partial charge in [0.05, 0.1) is 18.3 Å². The van der Waals surface area contributed by atoms with Crippen molar-refractivity contribution in [1.82, 2.24) is 0 Å². The number of benzene rings is 4. The fourth-order valence-electron chi connectivity index (χ4n) is 5.52. The zero-order valence-electron chi connectivity index (χ0n) is 21.6. The Hall–Kier alpha value is -4.31. The highest BCUT2D eigenvalue weighted by atomic mass is 16.5. The van der Waals surface area contributed by atoms with Crippen LogP contribution in [0.3, 0.4) is 0 Å². The number of fused-ring (bicyclic) bond motifs is 3. The van der Waals surface area contributed by atoms with Crippen molar-refractivity contribution in [3.8, 4) is 11.5 Å². The molecule has 0 saturated heterocycles. The molecule has 4 aromatic carbocycles. The lowest BCUT2D eigenvalue weighted by molar-refractivity contribution is 0.269. The quantitative estimate of drug-likeness (QED) is 0.196. The standard InChI is InChI=1S/C34H32N2O2/c1-2-37-33-21-25(15-20-32(33)38-23-24-9-4-3-5-10-24)22-35-27-18-16-26(17-19-27)34-30-13-8-12-28(30)29-11-6-7-14-31(29)36-34/h3-12,14-22,28,30,34,36H,2,13,23H2,1H3/t28-,30-,34-/m0/s1. The SMILES string of the molecule is CCOc1cc(C=Nc2ccc([C@@H]3Nc4ccccc4[C@@H]4C=CC[C@@H]43)cc2)ccc1OCc1ccccc1. The maximum absolute atomic E-state index is 6.04. The highest BCUT2D eigenvalue weighted by Crippen LogP contribution is 2.49. The second-order valence-electron chi connectivity index (χ2n) is 9.83. The minimum atomic E-state index is 0.292. The molecule has 38 heavy (non-hydrogen) atoms. The molecule has 4 heteroatoms. The molecule has 6 rings (SSSR count). The van der Waals surface area contributed by atoms with Crippen LogP contribution in [-0.4, -0.2) is 12.8 Å². The van der Waals surface area contributed by atoms with E-state index in [1.807, 2.05) is 49.5 Å². The summed E-state index contributed by atoms with van der Waals surface area (Å²) in [6, 6.07) is 33.7. The molecule has 0 fully saturated rings. The van der Waals surface area contributed by atoms with Crippen molar-refractivity contribution in [1.29, 1.82) is 0 Å². The Morgan fingerprint density at radius 2 is 1.68 bits per heavy atom. The Morgan fingerprint density at radius 1 is 0.868 bits per heavy atom. The molecule has 190 valence electrons. The molecule has 1 aliphatic heterocycles. The van der Waals surface area contributed by atoms with Gasteiger partial charge in [-0.25, -0.2) is 0 Å². The number of allylic oxidation sites excluding steroid dienone is 2. The summed E-state index contributed by atoms with van der Waals surface area (Å²) in [4.78, 5) is 4.74. The van der Waals surface area contributed by atoms with Crippen molar-refractivity contribution in [2.24, 2.45) is 10.9 Å². The van der Waals surface area contributed by atoms with Crippen LogP contribution < -0.4 is 14.8 Å². The zero-order chi connectivity index (χ0) is 25.7. The Bertz CT molecular complexity index is 1440. The number of aliphatic imine (C=N–C) groups is 1. The third-order valence-corrected chi connectivity index (χ3v) is 7.39. The number of rotatable bonds is 8. The number of nitrogens with zero attached hydrogens (tertiary/aromatic N) is 1. The topological polar surface area (TPSA) is 42.8 Å². The largest absolute Gasteiger partial charge is 0.490 e. The molecule has 1 N–H and O–H groups in total. The van der Waals surface area contributed by atoms with Gasteiger partial charge >= 0.3 is 0 Å². The van der Waals surface area contributed by atoms with Crippen molar-refractivity contribution in [3.05, 3.63) is 131 Å². The summed E-state index contributed by atoms with van der Waals surface area (Å²) >= 11 is 0. The molecule has 0 radical (unpaired) electrons. The fraction of sp³-hybridized carbons (Fsp3) is 0.206. The third kappa shape index (κ3) is 5.08. The molecule has 2 aliphatic rings. The number of para-hydroxylation sites is 1. The fourth-order valence-corrected chi connectivity index (χ4v) is 5.52. The van der Waals surface area contributed by atoms with Crippen LogP contribution in [0.15, 0.2) is 114 Å². The van der Waals surface area contributed by atoms with Gasteiger partial charge in [-0.2, -0.15) is 0 Å². The lowest BCUT2D eigenvalue weighted by Gasteiger charge is -2.37. The van der Waals surface area contributed by atoms with Crippen LogP contribution >= 0.6 is 0 Å². The number of nitrogens with one attached hydrogen (secondary N) is 1. The summed E-state index contributed by atoms with van der Waals surface area (Å²) in [5, 5.41) is 3.80. The van der Waals surface area contributed by atoms with E-state index >= 15 is 0 Å². The normalized spacial score (nSPS) is 19.6. The molecule has 0 unspecified atom stereocenters. The van der Waals surface area contributed by atoms with E-state index in [0.717, 1.165) is 34.7 Å². The molecule has 0 amide bonds. The first-order chi connectivity index (χ1) is 18.8. The summed E-state index contributed by atoms with van der Waals surface area (Å²) in [5.41, 5.74) is 6.97. The van der Waals surface area contributed by atoms with E-state index in [1.165, 1.54) is 16.8 Å². The van der Waals surface area contributed by atoms with Gasteiger partial charge in [0.2, 0.25) is 0 Å². The highest BCUT2D eigenvalue weighted by Gasteiger charge is 2.37. The van der Waals surface area contributed by atoms with Crippen LogP contribution in [0.5, 0.6) is 11.5 Å². The van der Waals surface area contributed by atoms with E-state index in [-0.39, 0.29) is 0 Å². The third-order valence-electron chi connectivity index (χ3n) is 7.39. The van der Waals surface area contributed by atoms with E-state index in [2.05, 4.69) is 78.1 Å². The number of ether oxygens (including phenoxy) is 2. The number of anilines is 1. The molecule has 0 aromatic heterocycles. The van der Waals surface area contributed by atoms with Gasteiger partial charge in [0.15, 0.2) is 11.5 Å². The minimum Gasteiger partial charge on any atom is -0.490 e. The van der Waals surface area contributed by atoms with Gasteiger partial charge in [-0.1, -0.05) is 72.8 Å². The summed E-state index contributed by atoms with van der Waals surface area (Å²) in [5.74, 6) is 2.48. The van der Waals surface area contributed by atoms with Crippen LogP contribution in [0.1, 0.15) is 47.6 Å². The molecular weight excluding hydrogens is 468 g/mol. The number of hydrogen-bond acceptors (Lipinski definition) is 4. The molecular formula is C34H32N2O2. The van der Waals surface area contributed by atoms with E-state index < -0.39 is 0 Å². The Labute approximate surface area is 224 Å². The second-order valence-corrected chi connectivity index (χ2v) is 9.83. The van der Waals surface area contributed by atoms with Gasteiger partial charge in [-0.3, -0.25) is 4.99 Å². The monoisotopic (exact) mass is 500 g/mol. The van der Waals surface area contributed by atoms with Gasteiger partial charge < -0.3 is 14.8 Å². The second kappa shape index (κ2) is 11.0. The summed E-state index contributed by atoms with van der Waals surface area (Å²) in [7, 11) is 0. The molecule has 4 aromatic rings. The van der Waals surface area contributed by atoms with Crippen LogP contribution in [0, 0.1) is 5.92 Å². The van der Waals surface area contributed by atoms with Crippen molar-refractivity contribution >= 4 is 17.6 Å². The van der Waals surface area contributed by atoms with Gasteiger partial charge in [-0.05, 0) is 77.9 Å². The first kappa shape index (κ1) is 24.1. The summed E-state index contributed by atoms with van der Waals surface area (Å²) in [6.07, 6.45) is 7.69. The molecule has 3 atom stereocenters. The molecule has 0 spiro atoms. The summed E-state index contributed by atoms with van der Waals surface area (Å²) < 4.78 is 11.9. The van der Waals surface area contributed by atoms with Crippen LogP contribution in [0.25, 0.3) is 0 Å². The smallest absolute Gasteiger partial charge is 0.161 e. The first-order valence-electron chi connectivity index (χ1n) is 13.4. The van der Waals surface area contributed by atoms with Gasteiger partial charge in [0, 0.05) is 17.8 Å². The minimum absolute atomic E-state index is 0.292. The van der Waals surface area contributed by atoms with E-state index in [4.69, 9.17) is 14.5 Å². The maximum atomic E-state index is 6.04. The van der Waals surface area contributed by atoms with Crippen molar-refractivity contribution < 1.29 is 9.47 Å². The van der Waals surface area contributed by atoms with E-state index in [1.54, 1.807) is 0 Å². The Balaban J connectivity index is 1.15. The van der Waals surface area contributed by atoms with Crippen molar-refractivity contribution in [2.45, 2.75) is 31.9 Å². The highest BCUT2D eigenvalue weighted by molar-refractivity contribution is 5.83. The van der Waals surface area contributed by atoms with Gasteiger partial charge in [0.25, 0.3) is 0 Å². The molecule has 4 nitrogen and oxygen atoms in total. The number of hydrogen-bond donors (Lipinski definition) is 1. The van der Waals surface area contributed by atoms with Crippen molar-refractivity contribution in [3.63, 3.8) is 0 Å². The van der Waals surface area contributed by atoms with E-state index in [0.29, 0.717) is 31.1 Å². The first-order valence-corrected chi connectivity index (χ1v) is 13.4. The molecule has 0 bridgehead atoms. The predicted molar refractivity (Wildman–Crippen MR) is 155 cm³/mol. The van der Waals surface area contributed by atoms with Crippen LogP contribution in [0.2, 0.25) is 0 Å². The van der Waals surface area contributed by atoms with E-state index in [9.17, 15) is 0 Å². The lowest BCUT2D eigenvalue weighted by Crippen LogP contribution is -2.28. The van der Waals surface area contributed by atoms with Crippen molar-refractivity contribution in [2.75, 3.05) is 11.9 Å². The Morgan fingerprint density at radius 3 is 2.53 bits per heavy atom. The average molecular weight is 501 g/mol. The van der Waals surface area contributed by atoms with Gasteiger partial charge in [0.1, 0.15) is 6.61 Å². The average Bonchev–Trinajstić information content (AvgIpc) is 3.47. The molecule has 1 aliphatic carbocycles. The zero-order valence-corrected chi connectivity index (χ0v) is 21.6.